The number of benzene rings is 2. The maximum atomic E-state index is 11.7. The van der Waals surface area contributed by atoms with Crippen LogP contribution < -0.4 is 15.4 Å². The van der Waals surface area contributed by atoms with Gasteiger partial charge in [-0.1, -0.05) is 15.9 Å². The molecule has 1 aliphatic rings. The lowest BCUT2D eigenvalue weighted by Gasteiger charge is -2.18. The molecular weight excluding hydrogens is 436 g/mol. The van der Waals surface area contributed by atoms with Crippen LogP contribution in [0.5, 0.6) is 5.75 Å². The molecular formula is C20H13BrN6O2. The first-order valence-corrected chi connectivity index (χ1v) is 9.51. The van der Waals surface area contributed by atoms with Crippen LogP contribution in [0.2, 0.25) is 0 Å². The molecule has 142 valence electrons. The summed E-state index contributed by atoms with van der Waals surface area (Å²) in [6.45, 7) is 0.00454. The number of amides is 1. The highest BCUT2D eigenvalue weighted by molar-refractivity contribution is 9.10. The van der Waals surface area contributed by atoms with Gasteiger partial charge in [-0.3, -0.25) is 4.79 Å². The van der Waals surface area contributed by atoms with E-state index in [4.69, 9.17) is 4.74 Å². The van der Waals surface area contributed by atoms with E-state index in [1.165, 1.54) is 6.20 Å². The van der Waals surface area contributed by atoms with Crippen molar-refractivity contribution in [2.45, 2.75) is 0 Å². The molecule has 0 bridgehead atoms. The number of aromatic nitrogens is 3. The number of hydrogen-bond acceptors (Lipinski definition) is 5. The first-order chi connectivity index (χ1) is 14.1. The Balaban J connectivity index is 1.66. The highest BCUT2D eigenvalue weighted by Crippen LogP contribution is 2.37. The van der Waals surface area contributed by atoms with Gasteiger partial charge in [0.25, 0.3) is 5.91 Å². The van der Waals surface area contributed by atoms with Gasteiger partial charge in [0.2, 0.25) is 0 Å². The standard InChI is InChI=1S/C20H13BrN6O2/c21-13-2-4-14(5-3-13)24-20-18(26-19-12(8-22)9-23-27(19)20)11-1-6-16-15(7-11)25-17(28)10-29-16/h1-7,9,24,26H,10H2,(H,25,28). The second-order valence-electron chi connectivity index (χ2n) is 6.46. The summed E-state index contributed by atoms with van der Waals surface area (Å²) in [6, 6.07) is 15.4. The van der Waals surface area contributed by atoms with Gasteiger partial charge in [0, 0.05) is 15.7 Å². The van der Waals surface area contributed by atoms with Crippen molar-refractivity contribution in [1.82, 2.24) is 14.6 Å². The Hall–Kier alpha value is -3.77. The number of nitrogens with zero attached hydrogens (tertiary/aromatic N) is 3. The van der Waals surface area contributed by atoms with Crippen molar-refractivity contribution in [3.05, 3.63) is 58.7 Å². The van der Waals surface area contributed by atoms with Gasteiger partial charge < -0.3 is 20.4 Å². The zero-order valence-corrected chi connectivity index (χ0v) is 16.4. The number of hydrogen-bond donors (Lipinski definition) is 3. The summed E-state index contributed by atoms with van der Waals surface area (Å²) in [5, 5.41) is 19.9. The molecule has 1 aliphatic heterocycles. The number of imidazole rings is 1. The summed E-state index contributed by atoms with van der Waals surface area (Å²) in [4.78, 5) is 15.0. The van der Waals surface area contributed by atoms with Crippen LogP contribution in [-0.2, 0) is 4.79 Å². The molecule has 0 unspecified atom stereocenters. The molecule has 5 rings (SSSR count). The van der Waals surface area contributed by atoms with Crippen LogP contribution in [0, 0.1) is 11.3 Å². The van der Waals surface area contributed by atoms with Crippen LogP contribution in [0.3, 0.4) is 0 Å². The molecule has 2 aromatic carbocycles. The Morgan fingerprint density at radius 1 is 1.24 bits per heavy atom. The van der Waals surface area contributed by atoms with E-state index >= 15 is 0 Å². The van der Waals surface area contributed by atoms with Gasteiger partial charge in [-0.25, -0.2) is 0 Å². The molecule has 2 aromatic heterocycles. The van der Waals surface area contributed by atoms with Gasteiger partial charge in [-0.2, -0.15) is 14.9 Å². The van der Waals surface area contributed by atoms with Gasteiger partial charge >= 0.3 is 0 Å². The van der Waals surface area contributed by atoms with E-state index < -0.39 is 0 Å². The number of fused-ring (bicyclic) bond motifs is 2. The fourth-order valence-electron chi connectivity index (χ4n) is 3.24. The van der Waals surface area contributed by atoms with Crippen molar-refractivity contribution in [2.75, 3.05) is 17.2 Å². The minimum absolute atomic E-state index is 0.00454. The van der Waals surface area contributed by atoms with Gasteiger partial charge in [-0.05, 0) is 42.5 Å². The predicted molar refractivity (Wildman–Crippen MR) is 111 cm³/mol. The first-order valence-electron chi connectivity index (χ1n) is 8.72. The summed E-state index contributed by atoms with van der Waals surface area (Å²) in [6.07, 6.45) is 1.52. The molecule has 3 N–H and O–H groups in total. The zero-order chi connectivity index (χ0) is 20.0. The van der Waals surface area contributed by atoms with Crippen molar-refractivity contribution in [3.8, 4) is 23.1 Å². The van der Waals surface area contributed by atoms with Crippen LogP contribution in [-0.4, -0.2) is 27.1 Å². The second kappa shape index (κ2) is 6.68. The van der Waals surface area contributed by atoms with Crippen molar-refractivity contribution in [2.24, 2.45) is 0 Å². The monoisotopic (exact) mass is 448 g/mol. The molecule has 0 saturated carbocycles. The fourth-order valence-corrected chi connectivity index (χ4v) is 3.50. The van der Waals surface area contributed by atoms with Gasteiger partial charge in [-0.15, -0.1) is 0 Å². The summed E-state index contributed by atoms with van der Waals surface area (Å²) >= 11 is 3.43. The van der Waals surface area contributed by atoms with Crippen molar-refractivity contribution >= 4 is 44.7 Å². The van der Waals surface area contributed by atoms with E-state index in [1.807, 2.05) is 42.5 Å². The third kappa shape index (κ3) is 2.99. The van der Waals surface area contributed by atoms with Crippen LogP contribution in [0.1, 0.15) is 5.56 Å². The Morgan fingerprint density at radius 3 is 2.86 bits per heavy atom. The fraction of sp³-hybridized carbons (Fsp3) is 0.0500. The molecule has 0 saturated heterocycles. The van der Waals surface area contributed by atoms with Crippen molar-refractivity contribution in [1.29, 1.82) is 5.26 Å². The average molecular weight is 449 g/mol. The quantitative estimate of drug-likeness (QED) is 0.438. The average Bonchev–Trinajstić information content (AvgIpc) is 3.29. The molecule has 29 heavy (non-hydrogen) atoms. The van der Waals surface area contributed by atoms with Crippen LogP contribution >= 0.6 is 15.9 Å². The third-order valence-electron chi connectivity index (χ3n) is 4.59. The summed E-state index contributed by atoms with van der Waals surface area (Å²) < 4.78 is 8.07. The lowest BCUT2D eigenvalue weighted by Crippen LogP contribution is -2.25. The Morgan fingerprint density at radius 2 is 2.07 bits per heavy atom. The second-order valence-corrected chi connectivity index (χ2v) is 7.37. The largest absolute Gasteiger partial charge is 0.482 e. The highest BCUT2D eigenvalue weighted by Gasteiger charge is 2.21. The van der Waals surface area contributed by atoms with E-state index in [1.54, 1.807) is 4.52 Å². The number of anilines is 3. The van der Waals surface area contributed by atoms with E-state index in [2.05, 4.69) is 42.7 Å². The minimum Gasteiger partial charge on any atom is -0.482 e. The van der Waals surface area contributed by atoms with Crippen molar-refractivity contribution < 1.29 is 9.53 Å². The number of nitriles is 1. The highest BCUT2D eigenvalue weighted by atomic mass is 79.9. The number of H-pyrrole nitrogens is 1. The first kappa shape index (κ1) is 17.3. The van der Waals surface area contributed by atoms with Gasteiger partial charge in [0.15, 0.2) is 18.1 Å². The SMILES string of the molecule is N#Cc1cnn2c(Nc3ccc(Br)cc3)c(-c3ccc4c(c3)NC(=O)CO4)[nH]c12. The topological polar surface area (TPSA) is 107 Å². The summed E-state index contributed by atoms with van der Waals surface area (Å²) in [7, 11) is 0. The molecule has 9 heteroatoms. The minimum atomic E-state index is -0.198. The molecule has 3 heterocycles. The molecule has 0 fully saturated rings. The number of carbonyl (C=O) groups is 1. The van der Waals surface area contributed by atoms with E-state index in [0.29, 0.717) is 28.5 Å². The van der Waals surface area contributed by atoms with Gasteiger partial charge in [0.1, 0.15) is 17.4 Å². The lowest BCUT2D eigenvalue weighted by atomic mass is 10.1. The lowest BCUT2D eigenvalue weighted by molar-refractivity contribution is -0.118. The summed E-state index contributed by atoms with van der Waals surface area (Å²) in [5.41, 5.74) is 4.02. The maximum Gasteiger partial charge on any atom is 0.262 e. The maximum absolute atomic E-state index is 11.7. The van der Waals surface area contributed by atoms with Crippen LogP contribution in [0.25, 0.3) is 16.9 Å². The Bertz CT molecular complexity index is 1300. The molecule has 1 amide bonds. The van der Waals surface area contributed by atoms with E-state index in [-0.39, 0.29) is 12.5 Å². The number of rotatable bonds is 3. The normalized spacial score (nSPS) is 12.8. The van der Waals surface area contributed by atoms with Crippen LogP contribution in [0.15, 0.2) is 53.1 Å². The van der Waals surface area contributed by atoms with E-state index in [9.17, 15) is 10.1 Å². The number of halogens is 1. The zero-order valence-electron chi connectivity index (χ0n) is 14.9. The van der Waals surface area contributed by atoms with Gasteiger partial charge in [0.05, 0.1) is 17.6 Å². The van der Waals surface area contributed by atoms with Crippen molar-refractivity contribution in [3.63, 3.8) is 0 Å². The molecule has 0 atom stereocenters. The Labute approximate surface area is 173 Å². The number of nitrogens with one attached hydrogen (secondary N) is 3. The third-order valence-corrected chi connectivity index (χ3v) is 5.12. The Kier molecular flexibility index (Phi) is 4.00. The number of aromatic amines is 1. The molecule has 0 radical (unpaired) electrons. The van der Waals surface area contributed by atoms with E-state index in [0.717, 1.165) is 21.4 Å². The molecule has 0 aliphatic carbocycles. The molecule has 0 spiro atoms. The number of ether oxygens (including phenoxy) is 1. The molecule has 8 nitrogen and oxygen atoms in total. The summed E-state index contributed by atoms with van der Waals surface area (Å²) in [5.74, 6) is 1.09. The molecule has 4 aromatic rings. The number of carbonyl (C=O) groups excluding carboxylic acids is 1. The predicted octanol–water partition coefficient (Wildman–Crippen LogP) is 4.04. The van der Waals surface area contributed by atoms with Crippen LogP contribution in [0.4, 0.5) is 17.2 Å². The smallest absolute Gasteiger partial charge is 0.262 e.